The van der Waals surface area contributed by atoms with Crippen molar-refractivity contribution in [2.24, 2.45) is 46.3 Å². The third-order valence-electron chi connectivity index (χ3n) is 13.1. The van der Waals surface area contributed by atoms with Gasteiger partial charge in [-0.25, -0.2) is 0 Å². The first-order valence-corrected chi connectivity index (χ1v) is 16.6. The van der Waals surface area contributed by atoms with Crippen LogP contribution in [0.3, 0.4) is 0 Å². The van der Waals surface area contributed by atoms with Gasteiger partial charge in [-0.3, -0.25) is 0 Å². The summed E-state index contributed by atoms with van der Waals surface area (Å²) in [5.41, 5.74) is -1.63. The topological polar surface area (TPSA) is 149 Å². The Morgan fingerprint density at radius 2 is 1.62 bits per heavy atom. The highest BCUT2D eigenvalue weighted by atomic mass is 16.7. The lowest BCUT2D eigenvalue weighted by atomic mass is 9.42. The van der Waals surface area contributed by atoms with Gasteiger partial charge in [0, 0.05) is 19.4 Å². The molecule has 0 spiro atoms. The lowest BCUT2D eigenvalue weighted by Gasteiger charge is -2.66. The highest BCUT2D eigenvalue weighted by molar-refractivity contribution is 5.20. The number of aliphatic hydroxyl groups excluding tert-OH is 5. The van der Waals surface area contributed by atoms with E-state index < -0.39 is 42.4 Å². The molecule has 0 aromatic rings. The van der Waals surface area contributed by atoms with Crippen molar-refractivity contribution in [3.8, 4) is 0 Å². The molecular formula is C33H58O9. The minimum absolute atomic E-state index is 0.00270. The van der Waals surface area contributed by atoms with Crippen LogP contribution in [0.5, 0.6) is 0 Å². The van der Waals surface area contributed by atoms with Crippen LogP contribution < -0.4 is 0 Å². The molecule has 1 heterocycles. The van der Waals surface area contributed by atoms with Crippen molar-refractivity contribution in [1.82, 2.24) is 0 Å². The fourth-order valence-electron chi connectivity index (χ4n) is 11.0. The van der Waals surface area contributed by atoms with Crippen molar-refractivity contribution < 1.29 is 44.8 Å². The number of hydrogen-bond acceptors (Lipinski definition) is 9. The molecule has 6 N–H and O–H groups in total. The molecule has 42 heavy (non-hydrogen) atoms. The Morgan fingerprint density at radius 1 is 0.929 bits per heavy atom. The van der Waals surface area contributed by atoms with Crippen molar-refractivity contribution in [3.05, 3.63) is 0 Å². The largest absolute Gasteiger partial charge is 0.394 e. The van der Waals surface area contributed by atoms with E-state index in [0.717, 1.165) is 32.1 Å². The van der Waals surface area contributed by atoms with Crippen LogP contribution in [0.4, 0.5) is 0 Å². The van der Waals surface area contributed by atoms with Gasteiger partial charge in [-0.2, -0.15) is 0 Å². The Morgan fingerprint density at radius 3 is 2.24 bits per heavy atom. The van der Waals surface area contributed by atoms with E-state index in [1.807, 2.05) is 0 Å². The average Bonchev–Trinajstić information content (AvgIpc) is 3.39. The number of fused-ring (bicyclic) bond motifs is 5. The quantitative estimate of drug-likeness (QED) is 0.236. The molecule has 0 radical (unpaired) electrons. The van der Waals surface area contributed by atoms with Gasteiger partial charge in [0.1, 0.15) is 18.3 Å². The summed E-state index contributed by atoms with van der Waals surface area (Å²) in [6, 6.07) is 0. The van der Waals surface area contributed by atoms with Crippen molar-refractivity contribution >= 4 is 0 Å². The Balaban J connectivity index is 1.28. The van der Waals surface area contributed by atoms with Crippen LogP contribution in [0, 0.1) is 46.3 Å². The fraction of sp³-hybridized carbons (Fsp3) is 1.00. The van der Waals surface area contributed by atoms with E-state index >= 15 is 0 Å². The first kappa shape index (κ1) is 33.0. The first-order valence-electron chi connectivity index (χ1n) is 16.6. The van der Waals surface area contributed by atoms with E-state index in [1.165, 1.54) is 7.11 Å². The molecule has 1 saturated heterocycles. The molecule has 16 atom stereocenters. The second-order valence-electron chi connectivity index (χ2n) is 15.7. The zero-order valence-corrected chi connectivity index (χ0v) is 26.6. The summed E-state index contributed by atoms with van der Waals surface area (Å²) in [7, 11) is 1.49. The maximum absolute atomic E-state index is 12.5. The molecular weight excluding hydrogens is 540 g/mol. The van der Waals surface area contributed by atoms with Crippen LogP contribution in [0.1, 0.15) is 92.4 Å². The molecule has 0 aromatic heterocycles. The highest BCUT2D eigenvalue weighted by Gasteiger charge is 2.70. The fourth-order valence-corrected chi connectivity index (χ4v) is 11.0. The van der Waals surface area contributed by atoms with Crippen LogP contribution >= 0.6 is 0 Å². The standard InChI is InChI=1S/C33H58O9/c1-17(2)24(41-30-27(38)28(40-6)25(16-34)42-30)8-7-18(3)20-14-22(36)29-32(20,5)12-10-26-31(4)11-9-19(35)13-21(31)23(37)15-33(26,29)39/h17-30,34-39H,7-16H2,1-6H3/t18-,19+,20-,21-,22+,23+,24+,25+,26-,27-,28+,29-,30-,31+,32-,33+/m1/s1. The van der Waals surface area contributed by atoms with Gasteiger partial charge in [0.15, 0.2) is 6.29 Å². The smallest absolute Gasteiger partial charge is 0.186 e. The van der Waals surface area contributed by atoms with Gasteiger partial charge in [0.2, 0.25) is 0 Å². The van der Waals surface area contributed by atoms with E-state index in [2.05, 4.69) is 34.6 Å². The van der Waals surface area contributed by atoms with E-state index in [1.54, 1.807) is 0 Å². The minimum atomic E-state index is -1.13. The van der Waals surface area contributed by atoms with Gasteiger partial charge in [-0.15, -0.1) is 0 Å². The van der Waals surface area contributed by atoms with Crippen LogP contribution in [0.25, 0.3) is 0 Å². The molecule has 5 rings (SSSR count). The summed E-state index contributed by atoms with van der Waals surface area (Å²) in [5, 5.41) is 66.2. The number of ether oxygens (including phenoxy) is 3. The van der Waals surface area contributed by atoms with Crippen molar-refractivity contribution in [3.63, 3.8) is 0 Å². The second kappa shape index (κ2) is 12.1. The zero-order valence-electron chi connectivity index (χ0n) is 26.6. The van der Waals surface area contributed by atoms with Gasteiger partial charge in [0.25, 0.3) is 0 Å². The number of aliphatic hydroxyl groups is 6. The van der Waals surface area contributed by atoms with Gasteiger partial charge in [-0.1, -0.05) is 34.6 Å². The normalized spacial score (nSPS) is 52.1. The van der Waals surface area contributed by atoms with Gasteiger partial charge in [0.05, 0.1) is 36.6 Å². The monoisotopic (exact) mass is 598 g/mol. The second-order valence-corrected chi connectivity index (χ2v) is 15.7. The van der Waals surface area contributed by atoms with Crippen LogP contribution in [-0.4, -0.2) is 99.0 Å². The van der Waals surface area contributed by atoms with Gasteiger partial charge < -0.3 is 44.8 Å². The molecule has 4 aliphatic carbocycles. The Hall–Kier alpha value is -0.360. The molecule has 0 aromatic carbocycles. The molecule has 0 amide bonds. The molecule has 244 valence electrons. The van der Waals surface area contributed by atoms with Crippen LogP contribution in [0.2, 0.25) is 0 Å². The van der Waals surface area contributed by atoms with Crippen LogP contribution in [0.15, 0.2) is 0 Å². The molecule has 5 fully saturated rings. The van der Waals surface area contributed by atoms with Crippen molar-refractivity contribution in [2.45, 2.75) is 147 Å². The van der Waals surface area contributed by atoms with E-state index in [4.69, 9.17) is 14.2 Å². The molecule has 1 aliphatic heterocycles. The predicted molar refractivity (Wildman–Crippen MR) is 156 cm³/mol. The molecule has 9 heteroatoms. The third kappa shape index (κ3) is 5.30. The number of methoxy groups -OCH3 is 1. The SMILES string of the molecule is CO[C@@H]1[C@@H](O)[C@H](O[C@@H](CC[C@@H](C)[C@H]2C[C@H](O)[C@@H]3[C@]2(C)CC[C@@H]2[C@@]4(C)CC[C@H](O)C[C@@H]4[C@@H](O)C[C@]23O)C(C)C)O[C@H]1CO. The van der Waals surface area contributed by atoms with E-state index in [-0.39, 0.29) is 71.6 Å². The maximum Gasteiger partial charge on any atom is 0.186 e. The number of hydrogen-bond donors (Lipinski definition) is 6. The molecule has 9 nitrogen and oxygen atoms in total. The molecule has 0 unspecified atom stereocenters. The minimum Gasteiger partial charge on any atom is -0.394 e. The maximum atomic E-state index is 12.5. The lowest BCUT2D eigenvalue weighted by molar-refractivity contribution is -0.263. The lowest BCUT2D eigenvalue weighted by Crippen LogP contribution is -2.68. The summed E-state index contributed by atoms with van der Waals surface area (Å²) < 4.78 is 17.4. The molecule has 0 bridgehead atoms. The molecule has 5 aliphatic rings. The zero-order chi connectivity index (χ0) is 30.8. The summed E-state index contributed by atoms with van der Waals surface area (Å²) in [4.78, 5) is 0. The first-order chi connectivity index (χ1) is 19.7. The summed E-state index contributed by atoms with van der Waals surface area (Å²) >= 11 is 0. The highest BCUT2D eigenvalue weighted by Crippen LogP contribution is 2.69. The van der Waals surface area contributed by atoms with Crippen LogP contribution in [-0.2, 0) is 14.2 Å². The third-order valence-corrected chi connectivity index (χ3v) is 13.1. The van der Waals surface area contributed by atoms with Crippen molar-refractivity contribution in [2.75, 3.05) is 13.7 Å². The summed E-state index contributed by atoms with van der Waals surface area (Å²) in [5.74, 6) is 0.358. The average molecular weight is 599 g/mol. The van der Waals surface area contributed by atoms with Gasteiger partial charge >= 0.3 is 0 Å². The van der Waals surface area contributed by atoms with E-state index in [0.29, 0.717) is 19.3 Å². The Kier molecular flexibility index (Phi) is 9.51. The summed E-state index contributed by atoms with van der Waals surface area (Å²) in [6.07, 6.45) is 1.44. The predicted octanol–water partition coefficient (Wildman–Crippen LogP) is 2.61. The Labute approximate surface area is 251 Å². The molecule has 4 saturated carbocycles. The summed E-state index contributed by atoms with van der Waals surface area (Å²) in [6.45, 7) is 10.6. The van der Waals surface area contributed by atoms with E-state index in [9.17, 15) is 30.6 Å². The van der Waals surface area contributed by atoms with Crippen molar-refractivity contribution in [1.29, 1.82) is 0 Å². The van der Waals surface area contributed by atoms with Gasteiger partial charge in [-0.05, 0) is 91.8 Å². The number of rotatable bonds is 9. The Bertz CT molecular complexity index is 933.